The van der Waals surface area contributed by atoms with Crippen molar-refractivity contribution in [2.75, 3.05) is 19.7 Å². The summed E-state index contributed by atoms with van der Waals surface area (Å²) in [4.78, 5) is 13.3. The average molecular weight is 267 g/mol. The quantitative estimate of drug-likeness (QED) is 0.793. The fourth-order valence-corrected chi connectivity index (χ4v) is 2.07. The lowest BCUT2D eigenvalue weighted by Crippen LogP contribution is -2.33. The fraction of sp³-hybridized carbons (Fsp3) is 0.500. The molecule has 0 aromatic heterocycles. The number of likely N-dealkylation sites (N-methyl/N-ethyl adjacent to an activating group) is 1. The maximum Gasteiger partial charge on any atom is 0.325 e. The van der Waals surface area contributed by atoms with Gasteiger partial charge < -0.3 is 14.9 Å². The molecule has 0 radical (unpaired) electrons. The highest BCUT2D eigenvalue weighted by molar-refractivity contribution is 5.76. The van der Waals surface area contributed by atoms with Crippen LogP contribution in [0.2, 0.25) is 0 Å². The van der Waals surface area contributed by atoms with E-state index in [1.807, 2.05) is 25.7 Å². The number of hydrogen-bond donors (Lipinski definition) is 2. The van der Waals surface area contributed by atoms with Crippen LogP contribution in [-0.4, -0.2) is 40.8 Å². The molecule has 0 bridgehead atoms. The predicted octanol–water partition coefficient (Wildman–Crippen LogP) is 2.26. The van der Waals surface area contributed by atoms with Crippen molar-refractivity contribution in [2.24, 2.45) is 0 Å². The molecule has 19 heavy (non-hydrogen) atoms. The lowest BCUT2D eigenvalue weighted by atomic mass is 10.0. The molecule has 2 N–H and O–H groups in total. The van der Waals surface area contributed by atoms with Gasteiger partial charge in [0.1, 0.15) is 6.04 Å². The van der Waals surface area contributed by atoms with Crippen molar-refractivity contribution in [3.05, 3.63) is 23.8 Å². The van der Waals surface area contributed by atoms with Gasteiger partial charge in [0, 0.05) is 0 Å². The first-order chi connectivity index (χ1) is 9.04. The number of phenolic OH excluding ortho intramolecular Hbond substituents is 1. The van der Waals surface area contributed by atoms with Crippen molar-refractivity contribution in [3.8, 4) is 11.5 Å². The molecule has 1 unspecified atom stereocenters. The number of carboxylic acids is 1. The van der Waals surface area contributed by atoms with E-state index < -0.39 is 12.0 Å². The monoisotopic (exact) mass is 267 g/mol. The fourth-order valence-electron chi connectivity index (χ4n) is 2.07. The molecule has 5 nitrogen and oxygen atoms in total. The van der Waals surface area contributed by atoms with Gasteiger partial charge in [0.05, 0.1) is 6.61 Å². The minimum atomic E-state index is -0.906. The van der Waals surface area contributed by atoms with Crippen molar-refractivity contribution < 1.29 is 19.7 Å². The first kappa shape index (κ1) is 15.3. The SMILES string of the molecule is CCOc1cc(C(C(=O)O)N(CC)CC)ccc1O. The van der Waals surface area contributed by atoms with Gasteiger partial charge in [-0.1, -0.05) is 19.9 Å². The molecule has 0 spiro atoms. The molecule has 0 saturated carbocycles. The Kier molecular flexibility index (Phi) is 5.63. The lowest BCUT2D eigenvalue weighted by molar-refractivity contribution is -0.143. The van der Waals surface area contributed by atoms with Crippen LogP contribution >= 0.6 is 0 Å². The van der Waals surface area contributed by atoms with Gasteiger partial charge in [-0.05, 0) is 37.7 Å². The first-order valence-electron chi connectivity index (χ1n) is 6.47. The average Bonchev–Trinajstić information content (AvgIpc) is 2.38. The number of nitrogens with zero attached hydrogens (tertiary/aromatic N) is 1. The Bertz CT molecular complexity index is 429. The molecular formula is C14H21NO4. The van der Waals surface area contributed by atoms with E-state index in [-0.39, 0.29) is 5.75 Å². The van der Waals surface area contributed by atoms with E-state index in [1.165, 1.54) is 6.07 Å². The van der Waals surface area contributed by atoms with Crippen molar-refractivity contribution in [2.45, 2.75) is 26.8 Å². The zero-order valence-electron chi connectivity index (χ0n) is 11.6. The topological polar surface area (TPSA) is 70.0 Å². The molecule has 0 aliphatic carbocycles. The number of carboxylic acid groups (broad SMARTS) is 1. The zero-order valence-corrected chi connectivity index (χ0v) is 11.6. The Morgan fingerprint density at radius 1 is 1.32 bits per heavy atom. The van der Waals surface area contributed by atoms with Gasteiger partial charge in [-0.3, -0.25) is 9.69 Å². The van der Waals surface area contributed by atoms with E-state index in [9.17, 15) is 15.0 Å². The van der Waals surface area contributed by atoms with E-state index in [0.717, 1.165) is 0 Å². The van der Waals surface area contributed by atoms with Crippen LogP contribution < -0.4 is 4.74 Å². The standard InChI is InChI=1S/C14H21NO4/c1-4-15(5-2)13(14(17)18)10-7-8-11(16)12(9-10)19-6-3/h7-9,13,16H,4-6H2,1-3H3,(H,17,18). The third-order valence-corrected chi connectivity index (χ3v) is 3.01. The van der Waals surface area contributed by atoms with Crippen LogP contribution in [0.4, 0.5) is 0 Å². The minimum absolute atomic E-state index is 0.0225. The second-order valence-electron chi connectivity index (χ2n) is 4.12. The van der Waals surface area contributed by atoms with Crippen LogP contribution in [0.25, 0.3) is 0 Å². The zero-order chi connectivity index (χ0) is 14.4. The van der Waals surface area contributed by atoms with Crippen molar-refractivity contribution >= 4 is 5.97 Å². The molecule has 0 fully saturated rings. The predicted molar refractivity (Wildman–Crippen MR) is 72.6 cm³/mol. The maximum absolute atomic E-state index is 11.5. The van der Waals surface area contributed by atoms with Crippen molar-refractivity contribution in [3.63, 3.8) is 0 Å². The number of rotatable bonds is 7. The molecule has 0 aliphatic rings. The summed E-state index contributed by atoms with van der Waals surface area (Å²) >= 11 is 0. The van der Waals surface area contributed by atoms with Gasteiger partial charge in [0.2, 0.25) is 0 Å². The minimum Gasteiger partial charge on any atom is -0.504 e. The highest BCUT2D eigenvalue weighted by Crippen LogP contribution is 2.31. The summed E-state index contributed by atoms with van der Waals surface area (Å²) < 4.78 is 5.29. The summed E-state index contributed by atoms with van der Waals surface area (Å²) in [6.45, 7) is 7.34. The Hall–Kier alpha value is -1.75. The molecule has 1 atom stereocenters. The molecule has 0 aliphatic heterocycles. The summed E-state index contributed by atoms with van der Waals surface area (Å²) in [7, 11) is 0. The summed E-state index contributed by atoms with van der Waals surface area (Å²) in [6.07, 6.45) is 0. The summed E-state index contributed by atoms with van der Waals surface area (Å²) in [5.74, 6) is -0.565. The van der Waals surface area contributed by atoms with Crippen LogP contribution in [0, 0.1) is 0 Å². The molecule has 1 aromatic carbocycles. The van der Waals surface area contributed by atoms with E-state index >= 15 is 0 Å². The Balaban J connectivity index is 3.16. The van der Waals surface area contributed by atoms with Crippen LogP contribution in [0.3, 0.4) is 0 Å². The van der Waals surface area contributed by atoms with Crippen molar-refractivity contribution in [1.29, 1.82) is 0 Å². The Morgan fingerprint density at radius 2 is 1.95 bits per heavy atom. The smallest absolute Gasteiger partial charge is 0.325 e. The molecule has 0 saturated heterocycles. The first-order valence-corrected chi connectivity index (χ1v) is 6.47. The highest BCUT2D eigenvalue weighted by atomic mass is 16.5. The highest BCUT2D eigenvalue weighted by Gasteiger charge is 2.26. The number of hydrogen-bond acceptors (Lipinski definition) is 4. The van der Waals surface area contributed by atoms with Crippen LogP contribution in [0.5, 0.6) is 11.5 Å². The summed E-state index contributed by atoms with van der Waals surface area (Å²) in [5, 5.41) is 19.1. The second-order valence-corrected chi connectivity index (χ2v) is 4.12. The molecule has 0 heterocycles. The Labute approximate surface area is 113 Å². The van der Waals surface area contributed by atoms with E-state index in [4.69, 9.17) is 4.74 Å². The normalized spacial score (nSPS) is 12.4. The van der Waals surface area contributed by atoms with Crippen LogP contribution in [-0.2, 0) is 4.79 Å². The third kappa shape index (κ3) is 3.61. The van der Waals surface area contributed by atoms with E-state index in [2.05, 4.69) is 0 Å². The number of benzene rings is 1. The van der Waals surface area contributed by atoms with Gasteiger partial charge in [-0.15, -0.1) is 0 Å². The van der Waals surface area contributed by atoms with Gasteiger partial charge in [0.15, 0.2) is 11.5 Å². The van der Waals surface area contributed by atoms with Crippen molar-refractivity contribution in [1.82, 2.24) is 4.90 Å². The number of phenols is 1. The molecule has 0 amide bonds. The Morgan fingerprint density at radius 3 is 2.42 bits per heavy atom. The largest absolute Gasteiger partial charge is 0.504 e. The van der Waals surface area contributed by atoms with E-state index in [1.54, 1.807) is 12.1 Å². The van der Waals surface area contributed by atoms with Gasteiger partial charge >= 0.3 is 5.97 Å². The maximum atomic E-state index is 11.5. The lowest BCUT2D eigenvalue weighted by Gasteiger charge is -2.26. The van der Waals surface area contributed by atoms with Crippen LogP contribution in [0.1, 0.15) is 32.4 Å². The van der Waals surface area contributed by atoms with E-state index in [0.29, 0.717) is 31.0 Å². The molecule has 5 heteroatoms. The molecule has 1 rings (SSSR count). The third-order valence-electron chi connectivity index (χ3n) is 3.01. The van der Waals surface area contributed by atoms with Gasteiger partial charge in [-0.2, -0.15) is 0 Å². The number of ether oxygens (including phenoxy) is 1. The summed E-state index contributed by atoms with van der Waals surface area (Å²) in [6, 6.07) is 3.96. The molecule has 1 aromatic rings. The molecular weight excluding hydrogens is 246 g/mol. The molecule has 106 valence electrons. The number of aliphatic carboxylic acids is 1. The summed E-state index contributed by atoms with van der Waals surface area (Å²) in [5.41, 5.74) is 0.609. The van der Waals surface area contributed by atoms with Gasteiger partial charge in [-0.25, -0.2) is 0 Å². The van der Waals surface area contributed by atoms with Crippen LogP contribution in [0.15, 0.2) is 18.2 Å². The van der Waals surface area contributed by atoms with Gasteiger partial charge in [0.25, 0.3) is 0 Å². The number of aromatic hydroxyl groups is 1. The second kappa shape index (κ2) is 6.99. The number of carbonyl (C=O) groups is 1.